The Morgan fingerprint density at radius 1 is 1.19 bits per heavy atom. The number of nitrogens with one attached hydrogen (secondary N) is 3. The Labute approximate surface area is 207 Å². The first-order chi connectivity index (χ1) is 17.3. The van der Waals surface area contributed by atoms with Gasteiger partial charge >= 0.3 is 27.4 Å². The van der Waals surface area contributed by atoms with Crippen LogP contribution in [0.3, 0.4) is 0 Å². The molecule has 0 saturated carbocycles. The van der Waals surface area contributed by atoms with Crippen LogP contribution in [0.15, 0.2) is 12.7 Å². The summed E-state index contributed by atoms with van der Waals surface area (Å²) in [5.41, 5.74) is 0.257. The fraction of sp³-hybridized carbons (Fsp3) is 0.562. The number of nitrogens with zero attached hydrogens (tertiary/aromatic N) is 4. The summed E-state index contributed by atoms with van der Waals surface area (Å²) in [5, 5.41) is 36.4. The van der Waals surface area contributed by atoms with Crippen LogP contribution in [0.1, 0.15) is 13.2 Å². The van der Waals surface area contributed by atoms with Gasteiger partial charge in [-0.15, -0.1) is 0 Å². The van der Waals surface area contributed by atoms with E-state index in [4.69, 9.17) is 9.84 Å². The number of ether oxygens (including phenoxy) is 1. The summed E-state index contributed by atoms with van der Waals surface area (Å²) in [4.78, 5) is 53.8. The van der Waals surface area contributed by atoms with Crippen molar-refractivity contribution in [2.75, 3.05) is 31.3 Å². The zero-order valence-electron chi connectivity index (χ0n) is 19.1. The van der Waals surface area contributed by atoms with Gasteiger partial charge in [0.2, 0.25) is 0 Å². The van der Waals surface area contributed by atoms with Crippen LogP contribution in [0, 0.1) is 0 Å². The van der Waals surface area contributed by atoms with Gasteiger partial charge in [0.25, 0.3) is 0 Å². The molecular weight excluding hydrogens is 544 g/mol. The lowest BCUT2D eigenvalue weighted by atomic mass is 10.1. The van der Waals surface area contributed by atoms with E-state index in [0.717, 1.165) is 6.33 Å². The van der Waals surface area contributed by atoms with E-state index in [1.54, 1.807) is 6.92 Å². The van der Waals surface area contributed by atoms with Crippen LogP contribution in [0.2, 0.25) is 0 Å². The number of rotatable bonds is 12. The highest BCUT2D eigenvalue weighted by Gasteiger charge is 2.46. The number of aliphatic hydroxyl groups excluding tert-OH is 2. The molecule has 0 spiro atoms. The number of hydrogen-bond donors (Lipinski definition) is 8. The van der Waals surface area contributed by atoms with Crippen molar-refractivity contribution in [3.63, 3.8) is 0 Å². The average molecular weight is 569 g/mol. The van der Waals surface area contributed by atoms with E-state index in [0.29, 0.717) is 6.54 Å². The van der Waals surface area contributed by atoms with E-state index in [-0.39, 0.29) is 17.0 Å². The lowest BCUT2D eigenvalue weighted by Crippen LogP contribution is -2.33. The maximum atomic E-state index is 12.1. The first-order valence-electron chi connectivity index (χ1n) is 10.5. The molecule has 0 bridgehead atoms. The number of hydrogen-bond acceptors (Lipinski definition) is 13. The average Bonchev–Trinajstić information content (AvgIpc) is 3.33. The zero-order chi connectivity index (χ0) is 27.4. The molecule has 8 N–H and O–H groups in total. The van der Waals surface area contributed by atoms with E-state index >= 15 is 0 Å². The molecule has 6 atom stereocenters. The standard InChI is InChI=1S/C16H25N7O12P2/c1-2-18-16(28)22-13-10-14(20-5-19-13)23(6-21-10)15-12(27)11(26)8(34-15)4-33-37(31,32)35-36(29,30)7-17-3-9(24)25/h5-6,8,11-12,15,17,26-27H,2-4,7H2,1H3,(H,24,25)(H,29,30)(H,31,32)(H2,18,19,20,22,28)/t8-,11+,12+,15-/m1/s1. The van der Waals surface area contributed by atoms with Crippen molar-refractivity contribution in [3.05, 3.63) is 12.7 Å². The van der Waals surface area contributed by atoms with Gasteiger partial charge in [-0.2, -0.15) is 0 Å². The number of carbonyl (C=O) groups is 2. The Morgan fingerprint density at radius 2 is 1.92 bits per heavy atom. The molecule has 0 radical (unpaired) electrons. The first kappa shape index (κ1) is 29.0. The number of phosphoric ester groups is 1. The highest BCUT2D eigenvalue weighted by atomic mass is 31.3. The van der Waals surface area contributed by atoms with Crippen molar-refractivity contribution in [1.29, 1.82) is 0 Å². The van der Waals surface area contributed by atoms with E-state index in [1.807, 2.05) is 5.32 Å². The van der Waals surface area contributed by atoms with Gasteiger partial charge in [-0.05, 0) is 6.92 Å². The van der Waals surface area contributed by atoms with E-state index in [1.165, 1.54) is 10.9 Å². The third kappa shape index (κ3) is 7.48. The fourth-order valence-electron chi connectivity index (χ4n) is 3.22. The Bertz CT molecular complexity index is 1230. The Kier molecular flexibility index (Phi) is 9.30. The highest BCUT2D eigenvalue weighted by molar-refractivity contribution is 7.63. The van der Waals surface area contributed by atoms with E-state index in [9.17, 15) is 38.7 Å². The molecular formula is C16H25N7O12P2. The molecule has 19 nitrogen and oxygen atoms in total. The number of urea groups is 1. The second kappa shape index (κ2) is 11.9. The molecule has 1 aliphatic heterocycles. The predicted octanol–water partition coefficient (Wildman–Crippen LogP) is -1.46. The molecule has 2 aromatic heterocycles. The minimum atomic E-state index is -5.18. The van der Waals surface area contributed by atoms with Crippen molar-refractivity contribution in [2.24, 2.45) is 0 Å². The number of phosphoric acid groups is 1. The van der Waals surface area contributed by atoms with Crippen LogP contribution in [0.25, 0.3) is 11.2 Å². The number of fused-ring (bicyclic) bond motifs is 1. The van der Waals surface area contributed by atoms with Crippen LogP contribution in [-0.4, -0.2) is 101 Å². The molecule has 0 aromatic carbocycles. The van der Waals surface area contributed by atoms with Gasteiger partial charge in [-0.1, -0.05) is 0 Å². The molecule has 37 heavy (non-hydrogen) atoms. The van der Waals surface area contributed by atoms with E-state index < -0.39 is 71.4 Å². The molecule has 206 valence electrons. The normalized spacial score (nSPS) is 24.9. The van der Waals surface area contributed by atoms with Gasteiger partial charge in [-0.3, -0.25) is 29.1 Å². The maximum Gasteiger partial charge on any atom is 0.479 e. The highest BCUT2D eigenvalue weighted by Crippen LogP contribution is 2.59. The molecule has 2 amide bonds. The summed E-state index contributed by atoms with van der Waals surface area (Å²) in [5.74, 6) is -1.28. The third-order valence-electron chi connectivity index (χ3n) is 4.76. The zero-order valence-corrected chi connectivity index (χ0v) is 20.9. The first-order valence-corrected chi connectivity index (χ1v) is 13.8. The summed E-state index contributed by atoms with van der Waals surface area (Å²) in [6, 6.07) is -0.539. The van der Waals surface area contributed by atoms with Gasteiger partial charge in [0.05, 0.1) is 25.8 Å². The SMILES string of the molecule is CCNC(=O)Nc1ncnc2c1ncn2[C@@H]1O[C@H](COP(=O)(O)OP(=O)(O)CNCC(=O)O)[C@H](O)[C@@H]1O. The number of aromatic nitrogens is 4. The summed E-state index contributed by atoms with van der Waals surface area (Å²) in [6.45, 7) is 0.527. The van der Waals surface area contributed by atoms with Crippen LogP contribution in [0.4, 0.5) is 10.6 Å². The van der Waals surface area contributed by atoms with Crippen LogP contribution < -0.4 is 16.0 Å². The molecule has 1 fully saturated rings. The molecule has 2 aromatic rings. The quantitative estimate of drug-likeness (QED) is 0.136. The number of carboxylic acids is 1. The Balaban J connectivity index is 1.67. The van der Waals surface area contributed by atoms with Gasteiger partial charge < -0.3 is 35.2 Å². The lowest BCUT2D eigenvalue weighted by molar-refractivity contribution is -0.135. The second-order valence-corrected chi connectivity index (χ2v) is 11.0. The van der Waals surface area contributed by atoms with Crippen LogP contribution >= 0.6 is 15.4 Å². The van der Waals surface area contributed by atoms with Crippen molar-refractivity contribution >= 4 is 44.4 Å². The smallest absolute Gasteiger partial charge is 0.479 e. The number of carboxylic acid groups (broad SMARTS) is 1. The summed E-state index contributed by atoms with van der Waals surface area (Å²) >= 11 is 0. The molecule has 0 aliphatic carbocycles. The largest absolute Gasteiger partial charge is 0.480 e. The van der Waals surface area contributed by atoms with Gasteiger partial charge in [0, 0.05) is 6.54 Å². The predicted molar refractivity (Wildman–Crippen MR) is 121 cm³/mol. The summed E-state index contributed by atoms with van der Waals surface area (Å²) in [7, 11) is -9.96. The number of anilines is 1. The molecule has 1 saturated heterocycles. The monoisotopic (exact) mass is 569 g/mol. The maximum absolute atomic E-state index is 12.1. The van der Waals surface area contributed by atoms with Crippen LogP contribution in [-0.2, 0) is 27.5 Å². The Hall–Kier alpha value is -2.57. The number of aliphatic carboxylic acids is 1. The van der Waals surface area contributed by atoms with Gasteiger partial charge in [-0.25, -0.2) is 28.6 Å². The Morgan fingerprint density at radius 3 is 2.59 bits per heavy atom. The minimum Gasteiger partial charge on any atom is -0.480 e. The molecule has 3 rings (SSSR count). The molecule has 3 heterocycles. The number of imidazole rings is 1. The number of amides is 2. The molecule has 21 heteroatoms. The third-order valence-corrected chi connectivity index (χ3v) is 7.70. The number of aliphatic hydroxyl groups is 2. The molecule has 2 unspecified atom stereocenters. The van der Waals surface area contributed by atoms with Crippen LogP contribution in [0.5, 0.6) is 0 Å². The molecule has 1 aliphatic rings. The van der Waals surface area contributed by atoms with Crippen molar-refractivity contribution in [1.82, 2.24) is 30.2 Å². The van der Waals surface area contributed by atoms with Gasteiger partial charge in [0.1, 0.15) is 24.6 Å². The number of carbonyl (C=O) groups excluding carboxylic acids is 1. The lowest BCUT2D eigenvalue weighted by Gasteiger charge is -2.19. The van der Waals surface area contributed by atoms with Crippen molar-refractivity contribution in [3.8, 4) is 0 Å². The topological polar surface area (TPSA) is 277 Å². The van der Waals surface area contributed by atoms with E-state index in [2.05, 4.69) is 34.4 Å². The summed E-state index contributed by atoms with van der Waals surface area (Å²) < 4.78 is 39.6. The van der Waals surface area contributed by atoms with Crippen molar-refractivity contribution < 1.29 is 57.4 Å². The minimum absolute atomic E-state index is 0.0623. The second-order valence-electron chi connectivity index (χ2n) is 7.54. The fourth-order valence-corrected chi connectivity index (χ4v) is 5.66. The van der Waals surface area contributed by atoms with Crippen molar-refractivity contribution in [2.45, 2.75) is 31.5 Å². The van der Waals surface area contributed by atoms with Gasteiger partial charge in [0.15, 0.2) is 23.2 Å². The summed E-state index contributed by atoms with van der Waals surface area (Å²) in [6.07, 6.45) is -4.57.